The van der Waals surface area contributed by atoms with Gasteiger partial charge in [-0.3, -0.25) is 4.79 Å². The Balaban J connectivity index is 2.52. The number of carbonyl (C=O) groups is 1. The molecule has 1 rings (SSSR count). The van der Waals surface area contributed by atoms with Gasteiger partial charge in [0.1, 0.15) is 0 Å². The molecule has 1 atom stereocenters. The molecule has 17 heavy (non-hydrogen) atoms. The molecule has 1 amide bonds. The fraction of sp³-hybridized carbons (Fsp3) is 0.500. The number of hydrogen-bond donors (Lipinski definition) is 1. The van der Waals surface area contributed by atoms with Crippen LogP contribution < -0.4 is 5.32 Å². The summed E-state index contributed by atoms with van der Waals surface area (Å²) < 4.78 is 0. The highest BCUT2D eigenvalue weighted by atomic mass is 16.1. The van der Waals surface area contributed by atoms with E-state index in [1.807, 2.05) is 39.2 Å². The zero-order valence-electron chi connectivity index (χ0n) is 10.9. The van der Waals surface area contributed by atoms with E-state index >= 15 is 0 Å². The number of nitrogens with zero attached hydrogens (tertiary/aromatic N) is 1. The average molecular weight is 234 g/mol. The molecule has 0 spiro atoms. The van der Waals surface area contributed by atoms with E-state index in [0.717, 1.165) is 6.42 Å². The number of nitrogens with one attached hydrogen (secondary N) is 1. The average Bonchev–Trinajstić information content (AvgIpc) is 2.34. The van der Waals surface area contributed by atoms with Crippen LogP contribution in [0.4, 0.5) is 0 Å². The van der Waals surface area contributed by atoms with E-state index in [4.69, 9.17) is 0 Å². The highest BCUT2D eigenvalue weighted by Gasteiger charge is 2.12. The molecule has 0 radical (unpaired) electrons. The van der Waals surface area contributed by atoms with Crippen molar-refractivity contribution in [3.05, 3.63) is 35.9 Å². The molecule has 1 aromatic carbocycles. The lowest BCUT2D eigenvalue weighted by atomic mass is 10.1. The Morgan fingerprint density at radius 1 is 1.29 bits per heavy atom. The van der Waals surface area contributed by atoms with Crippen molar-refractivity contribution >= 4 is 5.91 Å². The van der Waals surface area contributed by atoms with Crippen molar-refractivity contribution in [2.75, 3.05) is 20.6 Å². The van der Waals surface area contributed by atoms with Crippen LogP contribution in [0.5, 0.6) is 0 Å². The van der Waals surface area contributed by atoms with E-state index in [2.05, 4.69) is 22.3 Å². The number of carbonyl (C=O) groups excluding carboxylic acids is 1. The van der Waals surface area contributed by atoms with Crippen molar-refractivity contribution in [1.82, 2.24) is 10.2 Å². The highest BCUT2D eigenvalue weighted by Crippen LogP contribution is 2.06. The molecule has 1 aromatic rings. The lowest BCUT2D eigenvalue weighted by Crippen LogP contribution is -2.41. The molecule has 0 aliphatic carbocycles. The van der Waals surface area contributed by atoms with Gasteiger partial charge in [-0.1, -0.05) is 37.3 Å². The Kier molecular flexibility index (Phi) is 5.70. The van der Waals surface area contributed by atoms with Gasteiger partial charge in [-0.05, 0) is 26.1 Å². The molecule has 0 aliphatic rings. The Morgan fingerprint density at radius 3 is 2.47 bits per heavy atom. The van der Waals surface area contributed by atoms with Crippen LogP contribution in [-0.2, 0) is 11.2 Å². The van der Waals surface area contributed by atoms with E-state index in [1.54, 1.807) is 0 Å². The summed E-state index contributed by atoms with van der Waals surface area (Å²) in [6, 6.07) is 10.7. The van der Waals surface area contributed by atoms with Crippen molar-refractivity contribution in [2.24, 2.45) is 0 Å². The summed E-state index contributed by atoms with van der Waals surface area (Å²) in [7, 11) is 4.09. The summed E-state index contributed by atoms with van der Waals surface area (Å²) in [6.07, 6.45) is 1.50. The number of amides is 1. The van der Waals surface area contributed by atoms with E-state index in [9.17, 15) is 4.79 Å². The van der Waals surface area contributed by atoms with Gasteiger partial charge < -0.3 is 10.2 Å². The van der Waals surface area contributed by atoms with Gasteiger partial charge in [0.2, 0.25) is 5.91 Å². The lowest BCUT2D eigenvalue weighted by Gasteiger charge is -2.24. The first-order chi connectivity index (χ1) is 8.13. The minimum absolute atomic E-state index is 0.116. The summed E-state index contributed by atoms with van der Waals surface area (Å²) in [5, 5.41) is 2.95. The van der Waals surface area contributed by atoms with Gasteiger partial charge in [-0.25, -0.2) is 0 Å². The lowest BCUT2D eigenvalue weighted by molar-refractivity contribution is -0.120. The van der Waals surface area contributed by atoms with Crippen LogP contribution in [-0.4, -0.2) is 37.5 Å². The van der Waals surface area contributed by atoms with Crippen molar-refractivity contribution in [1.29, 1.82) is 0 Å². The van der Waals surface area contributed by atoms with Crippen LogP contribution in [0.3, 0.4) is 0 Å². The molecule has 0 saturated heterocycles. The van der Waals surface area contributed by atoms with Crippen LogP contribution in [0, 0.1) is 0 Å². The quantitative estimate of drug-likeness (QED) is 0.812. The number of likely N-dealkylation sites (N-methyl/N-ethyl adjacent to an activating group) is 1. The van der Waals surface area contributed by atoms with E-state index < -0.39 is 0 Å². The maximum atomic E-state index is 11.3. The van der Waals surface area contributed by atoms with E-state index in [-0.39, 0.29) is 5.91 Å². The van der Waals surface area contributed by atoms with Gasteiger partial charge in [-0.2, -0.15) is 0 Å². The second-order valence-corrected chi connectivity index (χ2v) is 4.46. The molecule has 94 valence electrons. The monoisotopic (exact) mass is 234 g/mol. The minimum atomic E-state index is 0.116. The van der Waals surface area contributed by atoms with Crippen LogP contribution in [0.15, 0.2) is 30.3 Å². The fourth-order valence-corrected chi connectivity index (χ4v) is 1.68. The van der Waals surface area contributed by atoms with Gasteiger partial charge in [-0.15, -0.1) is 0 Å². The molecule has 1 N–H and O–H groups in total. The second-order valence-electron chi connectivity index (χ2n) is 4.46. The molecule has 0 bridgehead atoms. The molecule has 0 heterocycles. The SMILES string of the molecule is CCC(=O)NC[C@@H](Cc1ccccc1)N(C)C. The maximum Gasteiger partial charge on any atom is 0.219 e. The Morgan fingerprint density at radius 2 is 1.94 bits per heavy atom. The summed E-state index contributed by atoms with van der Waals surface area (Å²) in [5.41, 5.74) is 1.30. The summed E-state index contributed by atoms with van der Waals surface area (Å²) >= 11 is 0. The highest BCUT2D eigenvalue weighted by molar-refractivity contribution is 5.75. The molecule has 0 aromatic heterocycles. The summed E-state index contributed by atoms with van der Waals surface area (Å²) in [5.74, 6) is 0.116. The first-order valence-electron chi connectivity index (χ1n) is 6.10. The van der Waals surface area contributed by atoms with Gasteiger partial charge >= 0.3 is 0 Å². The third kappa shape index (κ3) is 5.00. The van der Waals surface area contributed by atoms with Crippen molar-refractivity contribution in [3.8, 4) is 0 Å². The molecule has 0 saturated carbocycles. The van der Waals surface area contributed by atoms with Gasteiger partial charge in [0.15, 0.2) is 0 Å². The van der Waals surface area contributed by atoms with Gasteiger partial charge in [0, 0.05) is 19.0 Å². The Hall–Kier alpha value is -1.35. The zero-order valence-corrected chi connectivity index (χ0v) is 10.9. The fourth-order valence-electron chi connectivity index (χ4n) is 1.68. The normalized spacial score (nSPS) is 12.5. The third-order valence-electron chi connectivity index (χ3n) is 2.90. The standard InChI is InChI=1S/C14H22N2O/c1-4-14(17)15-11-13(16(2)3)10-12-8-6-5-7-9-12/h5-9,13H,4,10-11H2,1-3H3,(H,15,17)/t13-/m1/s1. The predicted octanol–water partition coefficient (Wildman–Crippen LogP) is 1.69. The molecule has 3 heteroatoms. The molecular formula is C14H22N2O. The Labute approximate surface area is 104 Å². The zero-order chi connectivity index (χ0) is 12.7. The largest absolute Gasteiger partial charge is 0.355 e. The second kappa shape index (κ2) is 7.07. The van der Waals surface area contributed by atoms with Crippen LogP contribution in [0.25, 0.3) is 0 Å². The van der Waals surface area contributed by atoms with Crippen LogP contribution in [0.2, 0.25) is 0 Å². The van der Waals surface area contributed by atoms with E-state index in [1.165, 1.54) is 5.56 Å². The number of benzene rings is 1. The van der Waals surface area contributed by atoms with E-state index in [0.29, 0.717) is 19.0 Å². The minimum Gasteiger partial charge on any atom is -0.355 e. The molecule has 0 fully saturated rings. The van der Waals surface area contributed by atoms with Crippen LogP contribution in [0.1, 0.15) is 18.9 Å². The maximum absolute atomic E-state index is 11.3. The summed E-state index contributed by atoms with van der Waals surface area (Å²) in [4.78, 5) is 13.4. The summed E-state index contributed by atoms with van der Waals surface area (Å²) in [6.45, 7) is 2.58. The van der Waals surface area contributed by atoms with Gasteiger partial charge in [0.25, 0.3) is 0 Å². The molecule has 0 aliphatic heterocycles. The van der Waals surface area contributed by atoms with Crippen molar-refractivity contribution in [3.63, 3.8) is 0 Å². The number of hydrogen-bond acceptors (Lipinski definition) is 2. The predicted molar refractivity (Wildman–Crippen MR) is 70.9 cm³/mol. The molecular weight excluding hydrogens is 212 g/mol. The topological polar surface area (TPSA) is 32.3 Å². The molecule has 0 unspecified atom stereocenters. The van der Waals surface area contributed by atoms with Gasteiger partial charge in [0.05, 0.1) is 0 Å². The third-order valence-corrected chi connectivity index (χ3v) is 2.90. The van der Waals surface area contributed by atoms with Crippen LogP contribution >= 0.6 is 0 Å². The number of rotatable bonds is 6. The molecule has 3 nitrogen and oxygen atoms in total. The Bertz CT molecular complexity index is 335. The first kappa shape index (κ1) is 13.7. The van der Waals surface area contributed by atoms with Crippen molar-refractivity contribution < 1.29 is 4.79 Å². The first-order valence-corrected chi connectivity index (χ1v) is 6.10. The van der Waals surface area contributed by atoms with Crippen molar-refractivity contribution in [2.45, 2.75) is 25.8 Å². The smallest absolute Gasteiger partial charge is 0.219 e.